The minimum Gasteiger partial charge on any atom is -0.336 e. The maximum absolute atomic E-state index is 12.9. The maximum Gasteiger partial charge on any atom is 0.261 e. The quantitative estimate of drug-likeness (QED) is 0.577. The van der Waals surface area contributed by atoms with Crippen LogP contribution in [0.1, 0.15) is 36.6 Å². The number of benzene rings is 1. The van der Waals surface area contributed by atoms with E-state index in [1.165, 1.54) is 11.6 Å². The average molecular weight is 395 g/mol. The van der Waals surface area contributed by atoms with Crippen molar-refractivity contribution in [3.63, 3.8) is 0 Å². The molecular weight excluding hydrogens is 374 g/mol. The molecule has 2 aliphatic heterocycles. The lowest BCUT2D eigenvalue weighted by molar-refractivity contribution is 0.0627. The number of rotatable bonds is 5. The average Bonchev–Trinajstić information content (AvgIpc) is 3.31. The lowest BCUT2D eigenvalue weighted by Gasteiger charge is -2.34. The molecule has 144 valence electrons. The number of imide groups is 1. The molecule has 0 unspecified atom stereocenters. The number of hydrogen-bond donors (Lipinski definition) is 0. The Morgan fingerprint density at radius 2 is 1.82 bits per heavy atom. The fourth-order valence-corrected chi connectivity index (χ4v) is 4.31. The Balaban J connectivity index is 1.43. The Morgan fingerprint density at radius 3 is 2.50 bits per heavy atom. The zero-order valence-corrected chi connectivity index (χ0v) is 16.3. The Kier molecular flexibility index (Phi) is 5.11. The van der Waals surface area contributed by atoms with Gasteiger partial charge in [-0.15, -0.1) is 6.58 Å². The minimum absolute atomic E-state index is 0.0968. The summed E-state index contributed by atoms with van der Waals surface area (Å²) in [5.41, 5.74) is 2.40. The second-order valence-electron chi connectivity index (χ2n) is 6.97. The largest absolute Gasteiger partial charge is 0.336 e. The molecule has 0 bridgehead atoms. The van der Waals surface area contributed by atoms with Gasteiger partial charge in [0.05, 0.1) is 11.1 Å². The van der Waals surface area contributed by atoms with E-state index in [1.54, 1.807) is 29.5 Å². The fourth-order valence-electron chi connectivity index (χ4n) is 3.65. The SMILES string of the molecule is C=CCN1C(=O)c2ccc(C(=O)N3CCN(Cc4ccsc4)CC3)cc2C1=O. The van der Waals surface area contributed by atoms with Gasteiger partial charge in [-0.25, -0.2) is 0 Å². The first-order valence-corrected chi connectivity index (χ1v) is 10.2. The van der Waals surface area contributed by atoms with Gasteiger partial charge in [-0.05, 0) is 40.6 Å². The van der Waals surface area contributed by atoms with Crippen molar-refractivity contribution in [3.8, 4) is 0 Å². The first-order chi connectivity index (χ1) is 13.6. The minimum atomic E-state index is -0.366. The summed E-state index contributed by atoms with van der Waals surface area (Å²) >= 11 is 1.69. The monoisotopic (exact) mass is 395 g/mol. The summed E-state index contributed by atoms with van der Waals surface area (Å²) in [7, 11) is 0. The van der Waals surface area contributed by atoms with E-state index >= 15 is 0 Å². The maximum atomic E-state index is 12.9. The number of carbonyl (C=O) groups excluding carboxylic acids is 3. The van der Waals surface area contributed by atoms with Gasteiger partial charge in [-0.3, -0.25) is 24.2 Å². The molecule has 2 aromatic rings. The van der Waals surface area contributed by atoms with Crippen LogP contribution in [0, 0.1) is 0 Å². The van der Waals surface area contributed by atoms with E-state index in [9.17, 15) is 14.4 Å². The van der Waals surface area contributed by atoms with E-state index in [-0.39, 0.29) is 24.3 Å². The van der Waals surface area contributed by atoms with Gasteiger partial charge >= 0.3 is 0 Å². The van der Waals surface area contributed by atoms with Gasteiger partial charge in [0.2, 0.25) is 0 Å². The van der Waals surface area contributed by atoms with Crippen LogP contribution in [0.3, 0.4) is 0 Å². The Hall–Kier alpha value is -2.77. The van der Waals surface area contributed by atoms with Crippen LogP contribution in [0.4, 0.5) is 0 Å². The fraction of sp³-hybridized carbons (Fsp3) is 0.286. The highest BCUT2D eigenvalue weighted by Gasteiger charge is 2.35. The highest BCUT2D eigenvalue weighted by atomic mass is 32.1. The van der Waals surface area contributed by atoms with Crippen LogP contribution in [-0.2, 0) is 6.54 Å². The Labute approximate surface area is 167 Å². The van der Waals surface area contributed by atoms with Crippen molar-refractivity contribution < 1.29 is 14.4 Å². The predicted octanol–water partition coefficient (Wildman–Crippen LogP) is 2.49. The summed E-state index contributed by atoms with van der Waals surface area (Å²) in [6.07, 6.45) is 1.52. The zero-order chi connectivity index (χ0) is 19.7. The number of piperazine rings is 1. The van der Waals surface area contributed by atoms with E-state index in [1.807, 2.05) is 4.90 Å². The number of nitrogens with zero attached hydrogens (tertiary/aromatic N) is 3. The van der Waals surface area contributed by atoms with Crippen molar-refractivity contribution in [2.45, 2.75) is 6.54 Å². The number of fused-ring (bicyclic) bond motifs is 1. The molecule has 0 radical (unpaired) electrons. The highest BCUT2D eigenvalue weighted by molar-refractivity contribution is 7.07. The van der Waals surface area contributed by atoms with Crippen molar-refractivity contribution in [1.82, 2.24) is 14.7 Å². The van der Waals surface area contributed by atoms with Gasteiger partial charge in [0.1, 0.15) is 0 Å². The standard InChI is InChI=1S/C21H21N3O3S/c1-2-6-24-20(26)17-4-3-16(12-18(17)21(24)27)19(25)23-9-7-22(8-10-23)13-15-5-11-28-14-15/h2-5,11-12,14H,1,6-10,13H2. The van der Waals surface area contributed by atoms with Gasteiger partial charge in [0, 0.05) is 44.8 Å². The molecule has 0 spiro atoms. The molecule has 2 aliphatic rings. The molecule has 0 aliphatic carbocycles. The van der Waals surface area contributed by atoms with E-state index in [4.69, 9.17) is 0 Å². The van der Waals surface area contributed by atoms with Crippen LogP contribution in [-0.4, -0.2) is 65.1 Å². The molecule has 1 fully saturated rings. The van der Waals surface area contributed by atoms with Gasteiger partial charge in [-0.2, -0.15) is 11.3 Å². The third-order valence-corrected chi connectivity index (χ3v) is 5.91. The summed E-state index contributed by atoms with van der Waals surface area (Å²) in [5, 5.41) is 4.22. The van der Waals surface area contributed by atoms with Gasteiger partial charge < -0.3 is 4.90 Å². The van der Waals surface area contributed by atoms with Crippen LogP contribution in [0.5, 0.6) is 0 Å². The lowest BCUT2D eigenvalue weighted by Crippen LogP contribution is -2.48. The van der Waals surface area contributed by atoms with Crippen molar-refractivity contribution >= 4 is 29.1 Å². The van der Waals surface area contributed by atoms with Gasteiger partial charge in [-0.1, -0.05) is 6.08 Å². The van der Waals surface area contributed by atoms with E-state index in [0.717, 1.165) is 24.5 Å². The molecule has 6 nitrogen and oxygen atoms in total. The van der Waals surface area contributed by atoms with Crippen LogP contribution in [0.2, 0.25) is 0 Å². The van der Waals surface area contributed by atoms with E-state index in [2.05, 4.69) is 28.3 Å². The van der Waals surface area contributed by atoms with E-state index < -0.39 is 0 Å². The van der Waals surface area contributed by atoms with Crippen LogP contribution >= 0.6 is 11.3 Å². The molecule has 7 heteroatoms. The molecule has 0 N–H and O–H groups in total. The normalized spacial score (nSPS) is 17.1. The molecular formula is C21H21N3O3S. The van der Waals surface area contributed by atoms with Crippen molar-refractivity contribution in [3.05, 3.63) is 69.9 Å². The zero-order valence-electron chi connectivity index (χ0n) is 15.5. The molecule has 1 saturated heterocycles. The topological polar surface area (TPSA) is 60.9 Å². The summed E-state index contributed by atoms with van der Waals surface area (Å²) in [6, 6.07) is 6.90. The first kappa shape index (κ1) is 18.6. The van der Waals surface area contributed by atoms with E-state index in [0.29, 0.717) is 29.8 Å². The second-order valence-corrected chi connectivity index (χ2v) is 7.75. The Bertz CT molecular complexity index is 930. The van der Waals surface area contributed by atoms with Crippen molar-refractivity contribution in [2.24, 2.45) is 0 Å². The highest BCUT2D eigenvalue weighted by Crippen LogP contribution is 2.25. The van der Waals surface area contributed by atoms with Crippen molar-refractivity contribution in [2.75, 3.05) is 32.7 Å². The third-order valence-electron chi connectivity index (χ3n) is 5.18. The van der Waals surface area contributed by atoms with Crippen LogP contribution in [0.25, 0.3) is 0 Å². The first-order valence-electron chi connectivity index (χ1n) is 9.22. The van der Waals surface area contributed by atoms with Crippen molar-refractivity contribution in [1.29, 1.82) is 0 Å². The molecule has 28 heavy (non-hydrogen) atoms. The number of thiophene rings is 1. The Morgan fingerprint density at radius 1 is 1.07 bits per heavy atom. The smallest absolute Gasteiger partial charge is 0.261 e. The predicted molar refractivity (Wildman–Crippen MR) is 108 cm³/mol. The second kappa shape index (κ2) is 7.69. The molecule has 0 saturated carbocycles. The molecule has 0 atom stereocenters. The number of carbonyl (C=O) groups is 3. The third kappa shape index (κ3) is 3.39. The number of amides is 3. The summed E-state index contributed by atoms with van der Waals surface area (Å²) < 4.78 is 0. The summed E-state index contributed by atoms with van der Waals surface area (Å²) in [5.74, 6) is -0.795. The van der Waals surface area contributed by atoms with Crippen LogP contribution in [0.15, 0.2) is 47.7 Å². The molecule has 3 amide bonds. The van der Waals surface area contributed by atoms with Gasteiger partial charge in [0.15, 0.2) is 0 Å². The molecule has 1 aromatic carbocycles. The summed E-state index contributed by atoms with van der Waals surface area (Å²) in [6.45, 7) is 7.58. The van der Waals surface area contributed by atoms with Gasteiger partial charge in [0.25, 0.3) is 17.7 Å². The summed E-state index contributed by atoms with van der Waals surface area (Å²) in [4.78, 5) is 43.0. The van der Waals surface area contributed by atoms with Crippen LogP contribution < -0.4 is 0 Å². The molecule has 3 heterocycles. The lowest BCUT2D eigenvalue weighted by atomic mass is 10.0. The number of hydrogen-bond acceptors (Lipinski definition) is 5. The molecule has 4 rings (SSSR count). The molecule has 1 aromatic heterocycles.